The third kappa shape index (κ3) is 14.3. The Bertz CT molecular complexity index is 5920. The molecule has 0 radical (unpaired) electrons. The van der Waals surface area contributed by atoms with Gasteiger partial charge in [0, 0.05) is 58.2 Å². The zero-order chi connectivity index (χ0) is 75.9. The second kappa shape index (κ2) is 31.4. The van der Waals surface area contributed by atoms with Crippen molar-refractivity contribution in [2.45, 2.75) is 0 Å². The molecule has 0 unspecified atom stereocenters. The quantitative estimate of drug-likeness (QED) is 0.0852. The number of hydrogen-bond acceptors (Lipinski definition) is 6. The van der Waals surface area contributed by atoms with Crippen molar-refractivity contribution >= 4 is 0 Å². The second-order valence-corrected chi connectivity index (χ2v) is 28.5. The van der Waals surface area contributed by atoms with Gasteiger partial charge >= 0.3 is 0 Å². The molecule has 19 rings (SSSR count). The maximum absolute atomic E-state index is 5.08. The number of pyridine rings is 4. The van der Waals surface area contributed by atoms with E-state index in [1.165, 1.54) is 0 Å². The molecule has 534 valence electrons. The van der Waals surface area contributed by atoms with Crippen LogP contribution >= 0.6 is 0 Å². The predicted octanol–water partition coefficient (Wildman–Crippen LogP) is 28.1. The van der Waals surface area contributed by atoms with Gasteiger partial charge in [-0.2, -0.15) is 0 Å². The summed E-state index contributed by atoms with van der Waals surface area (Å²) < 4.78 is 0. The first-order valence-corrected chi connectivity index (χ1v) is 38.5. The summed E-state index contributed by atoms with van der Waals surface area (Å²) in [7, 11) is 0. The minimum Gasteiger partial charge on any atom is -0.256 e. The molecular formula is C108H72N6. The molecule has 14 aromatic carbocycles. The molecule has 0 saturated heterocycles. The summed E-state index contributed by atoms with van der Waals surface area (Å²) in [6.45, 7) is 0. The van der Waals surface area contributed by atoms with E-state index in [0.29, 0.717) is 0 Å². The molecule has 0 bridgehead atoms. The highest BCUT2D eigenvalue weighted by atomic mass is 14.8. The Labute approximate surface area is 664 Å². The Kier molecular flexibility index (Phi) is 19.1. The van der Waals surface area contributed by atoms with Crippen LogP contribution in [0.15, 0.2) is 438 Å². The predicted molar refractivity (Wildman–Crippen MR) is 471 cm³/mol. The summed E-state index contributed by atoms with van der Waals surface area (Å²) in [5.74, 6) is 0. The zero-order valence-corrected chi connectivity index (χ0v) is 62.3. The number of aromatic nitrogens is 6. The van der Waals surface area contributed by atoms with Gasteiger partial charge < -0.3 is 0 Å². The van der Waals surface area contributed by atoms with Crippen LogP contribution in [-0.4, -0.2) is 29.9 Å². The summed E-state index contributed by atoms with van der Waals surface area (Å²) in [6, 6.07) is 143. The van der Waals surface area contributed by atoms with E-state index in [0.717, 1.165) is 201 Å². The maximum Gasteiger partial charge on any atom is 0.0885 e. The van der Waals surface area contributed by atoms with E-state index in [1.54, 1.807) is 0 Å². The lowest BCUT2D eigenvalue weighted by Crippen LogP contribution is -1.93. The van der Waals surface area contributed by atoms with Crippen LogP contribution in [-0.2, 0) is 0 Å². The highest BCUT2D eigenvalue weighted by Gasteiger charge is 2.21. The summed E-state index contributed by atoms with van der Waals surface area (Å²) in [5.41, 5.74) is 38.7. The lowest BCUT2D eigenvalue weighted by Gasteiger charge is -2.18. The average molecular weight is 1450 g/mol. The van der Waals surface area contributed by atoms with Crippen LogP contribution in [0.5, 0.6) is 0 Å². The van der Waals surface area contributed by atoms with Gasteiger partial charge in [0.25, 0.3) is 0 Å². The van der Waals surface area contributed by atoms with E-state index >= 15 is 0 Å². The van der Waals surface area contributed by atoms with Gasteiger partial charge in [-0.05, 0) is 218 Å². The SMILES string of the molecule is c1ccc(-c2ccc(-c3ccccc3-c3cc(-c4ccccc4-c4ccc(-c5ccccn5)cc4)cc(-c4ccccc4-c4ccc(-c5cnc(-c6ccc(-c7ccccc7-c7cc(-c8ccccc8-c8ccc(-c9ccccn9)cc8)cc(-c8ccccc8-c8ccc(-c9ccccn9)cc8)c7)cc6)cn5)cc4)c3)cc2)nc1. The molecule has 6 heteroatoms. The summed E-state index contributed by atoms with van der Waals surface area (Å²) in [5, 5.41) is 0. The largest absolute Gasteiger partial charge is 0.256 e. The minimum atomic E-state index is 0.792. The number of nitrogens with zero attached hydrogens (tertiary/aromatic N) is 6. The van der Waals surface area contributed by atoms with E-state index in [1.807, 2.05) is 85.7 Å². The van der Waals surface area contributed by atoms with Gasteiger partial charge in [-0.3, -0.25) is 29.9 Å². The first kappa shape index (κ1) is 69.2. The van der Waals surface area contributed by atoms with Crippen LogP contribution in [0.25, 0.3) is 201 Å². The first-order valence-electron chi connectivity index (χ1n) is 38.5. The van der Waals surface area contributed by atoms with Crippen molar-refractivity contribution in [1.82, 2.24) is 29.9 Å². The fraction of sp³-hybridized carbons (Fsp3) is 0. The Morgan fingerprint density at radius 1 is 0.105 bits per heavy atom. The van der Waals surface area contributed by atoms with Crippen molar-refractivity contribution in [3.63, 3.8) is 0 Å². The van der Waals surface area contributed by atoms with Crippen LogP contribution in [0.1, 0.15) is 0 Å². The van der Waals surface area contributed by atoms with E-state index in [-0.39, 0.29) is 0 Å². The molecule has 0 atom stereocenters. The highest BCUT2D eigenvalue weighted by molar-refractivity contribution is 5.97. The number of benzene rings is 14. The second-order valence-electron chi connectivity index (χ2n) is 28.5. The van der Waals surface area contributed by atoms with E-state index in [9.17, 15) is 0 Å². The lowest BCUT2D eigenvalue weighted by molar-refractivity contribution is 1.21. The zero-order valence-electron chi connectivity index (χ0n) is 62.3. The standard InChI is InChI=1S/C108H72N6/c1-7-27-97(91(21-1)73-37-49-79(50-38-73)103-33-13-17-61-109-103)85-65-86(98-28-8-2-22-92(98)74-39-51-80(52-40-74)104-34-14-18-62-110-104)68-89(67-85)101-31-11-5-25-95(101)77-45-57-83(58-46-77)107-71-114-108(72-113-107)84-59-47-78(48-60-84)96-26-6-12-32-102(96)90-69-87(99-29-9-3-23-93(99)75-41-53-81(54-42-75)105-35-15-19-63-111-105)66-88(70-90)100-30-10-4-24-94(100)76-43-55-82(56-44-76)106-36-16-20-64-112-106/h1-72H. The number of rotatable bonds is 18. The van der Waals surface area contributed by atoms with Crippen LogP contribution in [0.3, 0.4) is 0 Å². The van der Waals surface area contributed by atoms with Crippen molar-refractivity contribution in [3.05, 3.63) is 438 Å². The smallest absolute Gasteiger partial charge is 0.0885 e. The lowest BCUT2D eigenvalue weighted by atomic mass is 9.86. The van der Waals surface area contributed by atoms with Crippen LogP contribution in [0.2, 0.25) is 0 Å². The molecule has 0 aliphatic carbocycles. The van der Waals surface area contributed by atoms with Crippen molar-refractivity contribution in [2.75, 3.05) is 0 Å². The summed E-state index contributed by atoms with van der Waals surface area (Å²) in [4.78, 5) is 28.7. The molecular weight excluding hydrogens is 1380 g/mol. The molecule has 114 heavy (non-hydrogen) atoms. The molecule has 6 nitrogen and oxygen atoms in total. The van der Waals surface area contributed by atoms with E-state index in [4.69, 9.17) is 9.97 Å². The molecule has 0 aliphatic rings. The maximum atomic E-state index is 5.08. The normalized spacial score (nSPS) is 11.2. The van der Waals surface area contributed by atoms with E-state index in [2.05, 4.69) is 372 Å². The Hall–Kier alpha value is -15.2. The van der Waals surface area contributed by atoms with Crippen molar-refractivity contribution in [2.24, 2.45) is 0 Å². The van der Waals surface area contributed by atoms with Crippen molar-refractivity contribution < 1.29 is 0 Å². The third-order valence-electron chi connectivity index (χ3n) is 21.6. The first-order chi connectivity index (χ1) is 56.5. The van der Waals surface area contributed by atoms with Crippen LogP contribution in [0, 0.1) is 0 Å². The fourth-order valence-electron chi connectivity index (χ4n) is 15.8. The number of hydrogen-bond donors (Lipinski definition) is 0. The monoisotopic (exact) mass is 1450 g/mol. The Morgan fingerprint density at radius 3 is 0.395 bits per heavy atom. The summed E-state index contributed by atoms with van der Waals surface area (Å²) >= 11 is 0. The fourth-order valence-corrected chi connectivity index (χ4v) is 15.8. The molecule has 19 aromatic rings. The molecule has 0 N–H and O–H groups in total. The molecule has 0 amide bonds. The Morgan fingerprint density at radius 2 is 0.246 bits per heavy atom. The van der Waals surface area contributed by atoms with Gasteiger partial charge in [0.05, 0.1) is 46.6 Å². The van der Waals surface area contributed by atoms with E-state index < -0.39 is 0 Å². The molecule has 0 fully saturated rings. The minimum absolute atomic E-state index is 0.792. The van der Waals surface area contributed by atoms with Crippen LogP contribution < -0.4 is 0 Å². The van der Waals surface area contributed by atoms with Gasteiger partial charge in [-0.25, -0.2) is 0 Å². The average Bonchev–Trinajstić information content (AvgIpc) is 0.769. The van der Waals surface area contributed by atoms with Gasteiger partial charge in [-0.15, -0.1) is 0 Å². The third-order valence-corrected chi connectivity index (χ3v) is 21.6. The highest BCUT2D eigenvalue weighted by Crippen LogP contribution is 2.46. The Balaban J connectivity index is 0.627. The molecule has 5 aromatic heterocycles. The molecule has 0 saturated carbocycles. The van der Waals surface area contributed by atoms with Gasteiger partial charge in [0.15, 0.2) is 0 Å². The molecule has 0 aliphatic heterocycles. The van der Waals surface area contributed by atoms with Crippen molar-refractivity contribution in [3.8, 4) is 201 Å². The summed E-state index contributed by atoms with van der Waals surface area (Å²) in [6.07, 6.45) is 11.2. The van der Waals surface area contributed by atoms with Crippen LogP contribution in [0.4, 0.5) is 0 Å². The molecule has 0 spiro atoms. The van der Waals surface area contributed by atoms with Crippen molar-refractivity contribution in [1.29, 1.82) is 0 Å². The van der Waals surface area contributed by atoms with Gasteiger partial charge in [-0.1, -0.05) is 315 Å². The van der Waals surface area contributed by atoms with Gasteiger partial charge in [0.1, 0.15) is 0 Å². The molecule has 5 heterocycles. The van der Waals surface area contributed by atoms with Gasteiger partial charge in [0.2, 0.25) is 0 Å². The topological polar surface area (TPSA) is 77.3 Å².